The van der Waals surface area contributed by atoms with Gasteiger partial charge in [-0.1, -0.05) is 60.7 Å². The summed E-state index contributed by atoms with van der Waals surface area (Å²) in [6, 6.07) is 16.6. The van der Waals surface area contributed by atoms with E-state index in [4.69, 9.17) is 15.2 Å². The molecule has 0 aliphatic heterocycles. The van der Waals surface area contributed by atoms with E-state index in [9.17, 15) is 28.4 Å². The van der Waals surface area contributed by atoms with Crippen LogP contribution >= 0.6 is 0 Å². The Morgan fingerprint density at radius 3 is 2.08 bits per heavy atom. The van der Waals surface area contributed by atoms with E-state index >= 15 is 0 Å². The zero-order valence-corrected chi connectivity index (χ0v) is 22.1. The van der Waals surface area contributed by atoms with Crippen molar-refractivity contribution in [3.8, 4) is 0 Å². The molecule has 0 saturated heterocycles. The van der Waals surface area contributed by atoms with Gasteiger partial charge in [0.05, 0.1) is 26.2 Å². The Kier molecular flexibility index (Phi) is 13.2. The topological polar surface area (TPSA) is 178 Å². The molecular formula is C27H34FN5O7. The highest BCUT2D eigenvalue weighted by Gasteiger charge is 2.35. The number of esters is 1. The molecule has 6 N–H and O–H groups in total. The molecule has 0 spiro atoms. The van der Waals surface area contributed by atoms with Gasteiger partial charge in [-0.2, -0.15) is 0 Å². The molecule has 40 heavy (non-hydrogen) atoms. The molecule has 13 heteroatoms. The Balaban J connectivity index is 1.76. The minimum atomic E-state index is -2.44. The first-order valence-electron chi connectivity index (χ1n) is 12.4. The fourth-order valence-corrected chi connectivity index (χ4v) is 3.22. The number of rotatable bonds is 16. The second-order valence-corrected chi connectivity index (χ2v) is 8.86. The summed E-state index contributed by atoms with van der Waals surface area (Å²) in [6.07, 6.45) is 0.128. The Labute approximate surface area is 231 Å². The molecule has 0 heterocycles. The van der Waals surface area contributed by atoms with E-state index in [1.807, 2.05) is 0 Å². The minimum Gasteiger partial charge on any atom is -0.458 e. The summed E-state index contributed by atoms with van der Waals surface area (Å²) in [7, 11) is 0. The van der Waals surface area contributed by atoms with Crippen LogP contribution in [0.3, 0.4) is 0 Å². The molecule has 0 saturated carbocycles. The summed E-state index contributed by atoms with van der Waals surface area (Å²) >= 11 is 0. The number of hydrogen-bond acceptors (Lipinski definition) is 8. The van der Waals surface area contributed by atoms with Crippen molar-refractivity contribution in [2.24, 2.45) is 5.73 Å². The molecule has 216 valence electrons. The van der Waals surface area contributed by atoms with Crippen LogP contribution in [0.15, 0.2) is 60.7 Å². The lowest BCUT2D eigenvalue weighted by Crippen LogP contribution is -2.52. The van der Waals surface area contributed by atoms with Gasteiger partial charge in [0.15, 0.2) is 0 Å². The fourth-order valence-electron chi connectivity index (χ4n) is 3.22. The molecule has 0 aliphatic rings. The first-order chi connectivity index (χ1) is 19.1. The first-order valence-corrected chi connectivity index (χ1v) is 12.4. The van der Waals surface area contributed by atoms with Crippen LogP contribution in [-0.2, 0) is 46.5 Å². The third-order valence-corrected chi connectivity index (χ3v) is 5.37. The molecule has 0 aromatic heterocycles. The second-order valence-electron chi connectivity index (χ2n) is 8.86. The normalized spacial score (nSPS) is 12.8. The average Bonchev–Trinajstić information content (AvgIpc) is 2.96. The van der Waals surface area contributed by atoms with E-state index in [0.717, 1.165) is 12.5 Å². The van der Waals surface area contributed by atoms with Gasteiger partial charge in [0, 0.05) is 6.42 Å². The van der Waals surface area contributed by atoms with Crippen molar-refractivity contribution in [2.75, 3.05) is 33.0 Å². The van der Waals surface area contributed by atoms with Crippen LogP contribution in [-0.4, -0.2) is 74.3 Å². The quantitative estimate of drug-likeness (QED) is 0.103. The number of amides is 4. The van der Waals surface area contributed by atoms with Crippen molar-refractivity contribution in [1.82, 2.24) is 21.3 Å². The summed E-state index contributed by atoms with van der Waals surface area (Å²) in [6.45, 7) is -1.30. The molecule has 12 nitrogen and oxygen atoms in total. The van der Waals surface area contributed by atoms with Crippen molar-refractivity contribution in [1.29, 1.82) is 0 Å². The van der Waals surface area contributed by atoms with Crippen LogP contribution in [0.4, 0.5) is 4.39 Å². The summed E-state index contributed by atoms with van der Waals surface area (Å²) < 4.78 is 24.7. The Bertz CT molecular complexity index is 1130. The molecule has 2 aromatic carbocycles. The maximum atomic E-state index is 14.6. The summed E-state index contributed by atoms with van der Waals surface area (Å²) in [5.41, 5.74) is 4.20. The van der Waals surface area contributed by atoms with Crippen LogP contribution in [0.1, 0.15) is 18.1 Å². The number of alkyl halides is 1. The van der Waals surface area contributed by atoms with Gasteiger partial charge >= 0.3 is 5.97 Å². The molecule has 0 radical (unpaired) electrons. The number of nitrogens with two attached hydrogens (primary N) is 1. The minimum absolute atomic E-state index is 0.0936. The zero-order valence-electron chi connectivity index (χ0n) is 22.1. The van der Waals surface area contributed by atoms with Gasteiger partial charge in [0.25, 0.3) is 0 Å². The number of halogens is 1. The third kappa shape index (κ3) is 12.0. The van der Waals surface area contributed by atoms with Crippen LogP contribution in [0.2, 0.25) is 0 Å². The SMILES string of the molecule is CC(F)(COCNC(=O)CNC(=O)[C@H](Cc1ccccc1)NC(=O)CNC(=O)CN)C(=O)OCc1ccccc1. The molecule has 1 unspecified atom stereocenters. The summed E-state index contributed by atoms with van der Waals surface area (Å²) in [5, 5.41) is 9.58. The van der Waals surface area contributed by atoms with Crippen molar-refractivity contribution in [2.45, 2.75) is 31.7 Å². The van der Waals surface area contributed by atoms with Crippen LogP contribution in [0, 0.1) is 0 Å². The Morgan fingerprint density at radius 2 is 1.45 bits per heavy atom. The maximum absolute atomic E-state index is 14.6. The van der Waals surface area contributed by atoms with E-state index in [2.05, 4.69) is 21.3 Å². The lowest BCUT2D eigenvalue weighted by molar-refractivity contribution is -0.162. The van der Waals surface area contributed by atoms with Crippen molar-refractivity contribution >= 4 is 29.6 Å². The highest BCUT2D eigenvalue weighted by Crippen LogP contribution is 2.14. The average molecular weight is 560 g/mol. The van der Waals surface area contributed by atoms with Crippen LogP contribution < -0.4 is 27.0 Å². The Hall–Kier alpha value is -4.36. The smallest absolute Gasteiger partial charge is 0.346 e. The first kappa shape index (κ1) is 31.9. The molecule has 2 rings (SSSR count). The van der Waals surface area contributed by atoms with E-state index in [-0.39, 0.29) is 26.1 Å². The van der Waals surface area contributed by atoms with Crippen molar-refractivity contribution in [3.05, 3.63) is 71.8 Å². The highest BCUT2D eigenvalue weighted by atomic mass is 19.1. The van der Waals surface area contributed by atoms with Gasteiger partial charge in [0.1, 0.15) is 19.4 Å². The zero-order chi connectivity index (χ0) is 29.4. The van der Waals surface area contributed by atoms with Gasteiger partial charge in [-0.05, 0) is 18.1 Å². The van der Waals surface area contributed by atoms with Gasteiger partial charge < -0.3 is 36.5 Å². The second kappa shape index (κ2) is 16.6. The largest absolute Gasteiger partial charge is 0.458 e. The highest BCUT2D eigenvalue weighted by molar-refractivity contribution is 5.92. The van der Waals surface area contributed by atoms with Gasteiger partial charge in [0.2, 0.25) is 29.3 Å². The number of hydrogen-bond donors (Lipinski definition) is 5. The number of carbonyl (C=O) groups is 5. The van der Waals surface area contributed by atoms with Gasteiger partial charge in [-0.25, -0.2) is 9.18 Å². The van der Waals surface area contributed by atoms with Crippen LogP contribution in [0.25, 0.3) is 0 Å². The number of carbonyl (C=O) groups excluding carboxylic acids is 5. The van der Waals surface area contributed by atoms with Gasteiger partial charge in [-0.15, -0.1) is 0 Å². The van der Waals surface area contributed by atoms with E-state index in [0.29, 0.717) is 5.56 Å². The monoisotopic (exact) mass is 559 g/mol. The van der Waals surface area contributed by atoms with Gasteiger partial charge in [-0.3, -0.25) is 19.2 Å². The summed E-state index contributed by atoms with van der Waals surface area (Å²) in [5.74, 6) is -3.55. The predicted molar refractivity (Wildman–Crippen MR) is 142 cm³/mol. The molecular weight excluding hydrogens is 525 g/mol. The predicted octanol–water partition coefficient (Wildman–Crippen LogP) is -0.533. The third-order valence-electron chi connectivity index (χ3n) is 5.37. The molecule has 0 aliphatic carbocycles. The molecule has 0 fully saturated rings. The van der Waals surface area contributed by atoms with Crippen molar-refractivity contribution in [3.63, 3.8) is 0 Å². The fraction of sp³-hybridized carbons (Fsp3) is 0.370. The summed E-state index contributed by atoms with van der Waals surface area (Å²) in [4.78, 5) is 60.4. The molecule has 2 aromatic rings. The standard InChI is InChI=1S/C27H34FN5O7/c1-27(28,26(38)40-16-20-10-6-3-7-11-20)17-39-18-32-23(35)14-31-25(37)21(12-19-8-4-2-5-9-19)33-24(36)15-30-22(34)13-29/h2-11,21H,12-18,29H2,1H3,(H,30,34)(H,31,37)(H,32,35)(H,33,36)/t21-,27?/m0/s1. The lowest BCUT2D eigenvalue weighted by Gasteiger charge is -2.20. The number of ether oxygens (including phenoxy) is 2. The molecule has 0 bridgehead atoms. The number of nitrogens with one attached hydrogen (secondary N) is 4. The van der Waals surface area contributed by atoms with Crippen molar-refractivity contribution < 1.29 is 37.8 Å². The lowest BCUT2D eigenvalue weighted by atomic mass is 10.1. The van der Waals surface area contributed by atoms with Crippen LogP contribution in [0.5, 0.6) is 0 Å². The molecule has 2 atom stereocenters. The maximum Gasteiger partial charge on any atom is 0.346 e. The van der Waals surface area contributed by atoms with E-state index in [1.54, 1.807) is 60.7 Å². The Morgan fingerprint density at radius 1 is 0.850 bits per heavy atom. The van der Waals surface area contributed by atoms with E-state index < -0.39 is 61.2 Å². The molecule has 4 amide bonds. The number of benzene rings is 2. The van der Waals surface area contributed by atoms with E-state index in [1.165, 1.54) is 0 Å².